The molecule has 5 saturated carbocycles. The number of amides is 1. The maximum absolute atomic E-state index is 14.0. The third kappa shape index (κ3) is 5.53. The lowest BCUT2D eigenvalue weighted by atomic mass is 9.40. The smallest absolute Gasteiger partial charge is 0.409 e. The van der Waals surface area contributed by atoms with Crippen LogP contribution in [0.5, 0.6) is 0 Å². The van der Waals surface area contributed by atoms with Crippen molar-refractivity contribution >= 4 is 18.3 Å². The molecule has 7 fully saturated rings. The molecule has 1 amide bonds. The van der Waals surface area contributed by atoms with Gasteiger partial charge in [-0.2, -0.15) is 0 Å². The second kappa shape index (κ2) is 14.0. The predicted molar refractivity (Wildman–Crippen MR) is 189 cm³/mol. The van der Waals surface area contributed by atoms with Crippen LogP contribution in [-0.4, -0.2) is 83.3 Å². The summed E-state index contributed by atoms with van der Waals surface area (Å²) in [5, 5.41) is 24.3. The first kappa shape index (κ1) is 35.7. The van der Waals surface area contributed by atoms with Crippen molar-refractivity contribution in [1.29, 1.82) is 0 Å². The highest BCUT2D eigenvalue weighted by Gasteiger charge is 2.87. The number of hydrogen-bond donors (Lipinski definition) is 2. The quantitative estimate of drug-likeness (QED) is 0.219. The van der Waals surface area contributed by atoms with Crippen molar-refractivity contribution in [3.63, 3.8) is 0 Å². The van der Waals surface area contributed by atoms with Crippen LogP contribution < -0.4 is 0 Å². The van der Waals surface area contributed by atoms with Gasteiger partial charge in [0.15, 0.2) is 0 Å². The van der Waals surface area contributed by atoms with Crippen LogP contribution in [0.4, 0.5) is 4.79 Å². The van der Waals surface area contributed by atoms with Crippen molar-refractivity contribution in [2.75, 3.05) is 32.8 Å². The molecule has 2 aliphatic heterocycles. The molecule has 0 aromatic heterocycles. The van der Waals surface area contributed by atoms with Gasteiger partial charge in [-0.3, -0.25) is 4.79 Å². The first-order valence-electron chi connectivity index (χ1n) is 20.6. The Kier molecular flexibility index (Phi) is 10.2. The first-order valence-corrected chi connectivity index (χ1v) is 20.6. The molecule has 2 N–H and O–H groups in total. The SMILES string of the molecule is CC(C)C1CC2CC3(C=O)[C@@H]4CC[C@@H](C)[C@H]4CC2(C(O)CC(CCOC(=O)N2CCC(N4CCCCC4)CC2)C2CCCCC2)C13C(=O)O. The van der Waals surface area contributed by atoms with E-state index in [1.165, 1.54) is 51.6 Å². The Balaban J connectivity index is 1.09. The van der Waals surface area contributed by atoms with Crippen LogP contribution in [0.25, 0.3) is 0 Å². The predicted octanol–water partition coefficient (Wildman–Crippen LogP) is 7.42. The fourth-order valence-electron chi connectivity index (χ4n) is 14.3. The average Bonchev–Trinajstić information content (AvgIpc) is 3.70. The van der Waals surface area contributed by atoms with Crippen molar-refractivity contribution in [1.82, 2.24) is 9.80 Å². The van der Waals surface area contributed by atoms with Crippen LogP contribution in [0, 0.1) is 63.6 Å². The number of likely N-dealkylation sites (tertiary alicyclic amines) is 2. The van der Waals surface area contributed by atoms with E-state index in [0.29, 0.717) is 43.7 Å². The van der Waals surface area contributed by atoms with Gasteiger partial charge in [0.05, 0.1) is 18.1 Å². The van der Waals surface area contributed by atoms with E-state index in [0.717, 1.165) is 70.7 Å². The summed E-state index contributed by atoms with van der Waals surface area (Å²) in [6.45, 7) is 10.8. The summed E-state index contributed by atoms with van der Waals surface area (Å²) >= 11 is 0. The van der Waals surface area contributed by atoms with Gasteiger partial charge in [-0.25, -0.2) is 4.79 Å². The van der Waals surface area contributed by atoms with Crippen molar-refractivity contribution in [3.05, 3.63) is 0 Å². The number of aliphatic carboxylic acids is 1. The third-order valence-electron chi connectivity index (χ3n) is 16.4. The number of nitrogens with zero attached hydrogens (tertiary/aromatic N) is 2. The number of carbonyl (C=O) groups excluding carboxylic acids is 2. The lowest BCUT2D eigenvalue weighted by molar-refractivity contribution is -0.214. The largest absolute Gasteiger partial charge is 0.481 e. The first-order chi connectivity index (χ1) is 23.6. The minimum atomic E-state index is -1.23. The van der Waals surface area contributed by atoms with Crippen LogP contribution in [0.3, 0.4) is 0 Å². The summed E-state index contributed by atoms with van der Waals surface area (Å²) < 4.78 is 5.99. The molecule has 2 saturated heterocycles. The number of aldehydes is 1. The molecule has 4 bridgehead atoms. The Morgan fingerprint density at radius 1 is 0.918 bits per heavy atom. The van der Waals surface area contributed by atoms with E-state index in [1.807, 2.05) is 4.90 Å². The van der Waals surface area contributed by atoms with Gasteiger partial charge in [0.2, 0.25) is 0 Å². The summed E-state index contributed by atoms with van der Waals surface area (Å²) in [6.07, 6.45) is 17.2. The van der Waals surface area contributed by atoms with Gasteiger partial charge in [-0.15, -0.1) is 0 Å². The number of hydrogen-bond acceptors (Lipinski definition) is 6. The van der Waals surface area contributed by atoms with Gasteiger partial charge in [0.1, 0.15) is 6.29 Å². The maximum atomic E-state index is 14.0. The molecule has 49 heavy (non-hydrogen) atoms. The number of ether oxygens (including phenoxy) is 1. The van der Waals surface area contributed by atoms with E-state index in [2.05, 4.69) is 25.7 Å². The molecule has 7 aliphatic rings. The van der Waals surface area contributed by atoms with Crippen LogP contribution >= 0.6 is 0 Å². The molecule has 8 nitrogen and oxygen atoms in total. The lowest BCUT2D eigenvalue weighted by Gasteiger charge is -2.61. The van der Waals surface area contributed by atoms with E-state index in [9.17, 15) is 24.6 Å². The zero-order chi connectivity index (χ0) is 34.6. The van der Waals surface area contributed by atoms with Crippen molar-refractivity contribution in [2.45, 2.75) is 142 Å². The third-order valence-corrected chi connectivity index (χ3v) is 16.4. The van der Waals surface area contributed by atoms with Gasteiger partial charge < -0.3 is 29.5 Å². The van der Waals surface area contributed by atoms with E-state index in [-0.39, 0.29) is 41.6 Å². The minimum Gasteiger partial charge on any atom is -0.481 e. The monoisotopic (exact) mass is 682 g/mol. The van der Waals surface area contributed by atoms with Gasteiger partial charge in [-0.05, 0) is 125 Å². The number of aliphatic hydroxyl groups is 1. The van der Waals surface area contributed by atoms with E-state index >= 15 is 0 Å². The Labute approximate surface area is 295 Å². The summed E-state index contributed by atoms with van der Waals surface area (Å²) in [5.41, 5.74) is -2.92. The molecule has 10 atom stereocenters. The molecule has 0 spiro atoms. The Hall–Kier alpha value is -1.67. The molecule has 0 aromatic carbocycles. The standard InChI is InChI=1S/C41H66N2O6/c1-27(2)35-23-31-24-39(26-44)34-13-12-28(3)33(34)25-40(31,41(35,39)37(46)47)36(45)22-30(29-10-6-4-7-11-29)16-21-49-38(48)43-19-14-32(15-20-43)42-17-8-5-9-18-42/h26-36,45H,4-25H2,1-3H3,(H,46,47)/t28-,30?,31?,33-,34-,35?,36?,39?,40?,41?/m1/s1. The second-order valence-corrected chi connectivity index (χ2v) is 18.5. The number of carboxylic acids is 1. The number of piperidine rings is 2. The minimum absolute atomic E-state index is 0.0479. The van der Waals surface area contributed by atoms with Crippen molar-refractivity contribution in [3.8, 4) is 0 Å². The molecule has 0 radical (unpaired) electrons. The number of carbonyl (C=O) groups is 3. The highest BCUT2D eigenvalue weighted by Crippen LogP contribution is 2.85. The van der Waals surface area contributed by atoms with Gasteiger partial charge in [0.25, 0.3) is 0 Å². The van der Waals surface area contributed by atoms with Gasteiger partial charge >= 0.3 is 12.1 Å². The molecule has 5 aliphatic carbocycles. The molecule has 0 aromatic rings. The Morgan fingerprint density at radius 3 is 2.27 bits per heavy atom. The second-order valence-electron chi connectivity index (χ2n) is 18.5. The number of carboxylic acid groups (broad SMARTS) is 1. The Morgan fingerprint density at radius 2 is 1.61 bits per heavy atom. The summed E-state index contributed by atoms with van der Waals surface area (Å²) in [4.78, 5) is 45.3. The highest BCUT2D eigenvalue weighted by atomic mass is 16.6. The van der Waals surface area contributed by atoms with Gasteiger partial charge in [-0.1, -0.05) is 65.7 Å². The molecule has 8 heteroatoms. The normalized spacial score (nSPS) is 41.1. The van der Waals surface area contributed by atoms with Crippen LogP contribution in [0.2, 0.25) is 0 Å². The van der Waals surface area contributed by atoms with E-state index in [1.54, 1.807) is 0 Å². The molecular weight excluding hydrogens is 616 g/mol. The van der Waals surface area contributed by atoms with Crippen LogP contribution in [0.15, 0.2) is 0 Å². The molecule has 7 unspecified atom stereocenters. The topological polar surface area (TPSA) is 107 Å². The van der Waals surface area contributed by atoms with Crippen molar-refractivity contribution in [2.24, 2.45) is 63.6 Å². The number of fused-ring (bicyclic) bond motifs is 2. The molecular formula is C41H66N2O6. The van der Waals surface area contributed by atoms with Crippen LogP contribution in [0.1, 0.15) is 130 Å². The van der Waals surface area contributed by atoms with Crippen LogP contribution in [-0.2, 0) is 14.3 Å². The summed E-state index contributed by atoms with van der Waals surface area (Å²) in [6, 6.07) is 0.580. The highest BCUT2D eigenvalue weighted by molar-refractivity contribution is 5.86. The van der Waals surface area contributed by atoms with Gasteiger partial charge in [0, 0.05) is 30.0 Å². The average molecular weight is 683 g/mol. The number of aliphatic hydroxyl groups excluding tert-OH is 1. The van der Waals surface area contributed by atoms with E-state index < -0.39 is 28.3 Å². The zero-order valence-corrected chi connectivity index (χ0v) is 30.8. The van der Waals surface area contributed by atoms with Crippen molar-refractivity contribution < 1.29 is 29.3 Å². The molecule has 7 rings (SSSR count). The lowest BCUT2D eigenvalue weighted by Crippen LogP contribution is -2.66. The zero-order valence-electron chi connectivity index (χ0n) is 30.8. The fourth-order valence-corrected chi connectivity index (χ4v) is 14.3. The number of rotatable bonds is 11. The molecule has 2 heterocycles. The summed E-state index contributed by atoms with van der Waals surface area (Å²) in [7, 11) is 0. The Bertz CT molecular complexity index is 1210. The summed E-state index contributed by atoms with van der Waals surface area (Å²) in [5.74, 6) is 0.657. The molecule has 276 valence electrons. The maximum Gasteiger partial charge on any atom is 0.409 e. The fraction of sp³-hybridized carbons (Fsp3) is 0.927. The van der Waals surface area contributed by atoms with E-state index in [4.69, 9.17) is 4.74 Å².